The van der Waals surface area contributed by atoms with Crippen molar-refractivity contribution in [3.05, 3.63) is 45.7 Å². The van der Waals surface area contributed by atoms with E-state index in [-0.39, 0.29) is 22.6 Å². The summed E-state index contributed by atoms with van der Waals surface area (Å²) in [6.45, 7) is -0.980. The molecule has 4 rings (SSSR count). The second-order valence-electron chi connectivity index (χ2n) is 6.57. The van der Waals surface area contributed by atoms with Gasteiger partial charge in [-0.1, -0.05) is 36.7 Å². The highest BCUT2D eigenvalue weighted by molar-refractivity contribution is 8.14. The van der Waals surface area contributed by atoms with Crippen molar-refractivity contribution in [3.63, 3.8) is 0 Å². The van der Waals surface area contributed by atoms with Crippen LogP contribution in [0.3, 0.4) is 0 Å². The standard InChI is InChI=1S/C18H19F2N3O2S/c1-10-21-16-14(17(24)22-23(16)12-6-2-3-7-12)15(26-10)11-5-4-8-13(9-11)25-18(19)20/h4-5,8-9,12,15,18H,2-3,6-7H2,1H3,(H,22,24). The quantitative estimate of drug-likeness (QED) is 0.832. The Morgan fingerprint density at radius 1 is 1.35 bits per heavy atom. The van der Waals surface area contributed by atoms with Crippen LogP contribution >= 0.6 is 11.8 Å². The fourth-order valence-corrected chi connectivity index (χ4v) is 4.82. The number of benzene rings is 1. The van der Waals surface area contributed by atoms with Crippen molar-refractivity contribution in [2.45, 2.75) is 50.5 Å². The van der Waals surface area contributed by atoms with Crippen LogP contribution in [-0.2, 0) is 0 Å². The molecule has 1 aromatic carbocycles. The number of hydrogen-bond donors (Lipinski definition) is 1. The van der Waals surface area contributed by atoms with Gasteiger partial charge in [-0.3, -0.25) is 14.6 Å². The van der Waals surface area contributed by atoms with Gasteiger partial charge in [0, 0.05) is 0 Å². The number of ether oxygens (including phenoxy) is 1. The molecule has 2 aromatic rings. The molecule has 1 atom stereocenters. The summed E-state index contributed by atoms with van der Waals surface area (Å²) in [4.78, 5) is 17.3. The number of rotatable bonds is 4. The van der Waals surface area contributed by atoms with Gasteiger partial charge in [0.25, 0.3) is 5.56 Å². The van der Waals surface area contributed by atoms with Gasteiger partial charge in [0.15, 0.2) is 5.82 Å². The summed E-state index contributed by atoms with van der Waals surface area (Å²) < 4.78 is 31.5. The third-order valence-electron chi connectivity index (χ3n) is 4.83. The molecule has 0 saturated heterocycles. The largest absolute Gasteiger partial charge is 0.435 e. The van der Waals surface area contributed by atoms with E-state index in [2.05, 4.69) is 14.8 Å². The normalized spacial score (nSPS) is 20.3. The number of H-pyrrole nitrogens is 1. The highest BCUT2D eigenvalue weighted by Gasteiger charge is 2.32. The first kappa shape index (κ1) is 17.3. The number of alkyl halides is 2. The summed E-state index contributed by atoms with van der Waals surface area (Å²) in [6, 6.07) is 6.80. The summed E-state index contributed by atoms with van der Waals surface area (Å²) in [5.74, 6) is 0.759. The minimum Gasteiger partial charge on any atom is -0.435 e. The van der Waals surface area contributed by atoms with Crippen molar-refractivity contribution < 1.29 is 13.5 Å². The van der Waals surface area contributed by atoms with Gasteiger partial charge in [0.05, 0.1) is 21.9 Å². The number of aromatic amines is 1. The van der Waals surface area contributed by atoms with Gasteiger partial charge in [-0.2, -0.15) is 8.78 Å². The van der Waals surface area contributed by atoms with Gasteiger partial charge in [-0.25, -0.2) is 4.99 Å². The molecule has 1 fully saturated rings. The zero-order valence-electron chi connectivity index (χ0n) is 14.2. The first-order chi connectivity index (χ1) is 12.5. The Labute approximate surface area is 153 Å². The van der Waals surface area contributed by atoms with E-state index in [1.807, 2.05) is 17.7 Å². The minimum atomic E-state index is -2.88. The van der Waals surface area contributed by atoms with E-state index in [0.717, 1.165) is 36.3 Å². The zero-order valence-corrected chi connectivity index (χ0v) is 15.1. The van der Waals surface area contributed by atoms with Gasteiger partial charge in [0.2, 0.25) is 0 Å². The molecule has 0 spiro atoms. The van der Waals surface area contributed by atoms with Crippen molar-refractivity contribution in [3.8, 4) is 5.75 Å². The summed E-state index contributed by atoms with van der Waals surface area (Å²) in [6.07, 6.45) is 4.35. The number of thioether (sulfide) groups is 1. The molecule has 1 N–H and O–H groups in total. The van der Waals surface area contributed by atoms with Crippen molar-refractivity contribution in [2.75, 3.05) is 0 Å². The Morgan fingerprint density at radius 2 is 2.12 bits per heavy atom. The van der Waals surface area contributed by atoms with Crippen molar-refractivity contribution in [1.82, 2.24) is 9.78 Å². The first-order valence-electron chi connectivity index (χ1n) is 8.64. The van der Waals surface area contributed by atoms with Crippen LogP contribution in [0.5, 0.6) is 5.75 Å². The topological polar surface area (TPSA) is 59.4 Å². The molecule has 1 unspecified atom stereocenters. The lowest BCUT2D eigenvalue weighted by Crippen LogP contribution is -2.14. The first-order valence-corrected chi connectivity index (χ1v) is 9.52. The molecule has 0 radical (unpaired) electrons. The molecule has 8 heteroatoms. The predicted octanol–water partition coefficient (Wildman–Crippen LogP) is 4.78. The summed E-state index contributed by atoms with van der Waals surface area (Å²) in [5.41, 5.74) is 1.17. The second-order valence-corrected chi connectivity index (χ2v) is 7.86. The summed E-state index contributed by atoms with van der Waals surface area (Å²) in [5, 5.41) is 3.50. The molecule has 1 saturated carbocycles. The third-order valence-corrected chi connectivity index (χ3v) is 6.00. The molecular formula is C18H19F2N3O2S. The van der Waals surface area contributed by atoms with Gasteiger partial charge in [-0.15, -0.1) is 0 Å². The van der Waals surface area contributed by atoms with E-state index < -0.39 is 6.61 Å². The van der Waals surface area contributed by atoms with E-state index in [9.17, 15) is 13.6 Å². The zero-order chi connectivity index (χ0) is 18.3. The van der Waals surface area contributed by atoms with Gasteiger partial charge in [0.1, 0.15) is 5.75 Å². The number of nitrogens with zero attached hydrogens (tertiary/aromatic N) is 2. The number of aromatic nitrogens is 2. The molecule has 0 amide bonds. The Hall–Kier alpha value is -2.09. The van der Waals surface area contributed by atoms with E-state index in [4.69, 9.17) is 0 Å². The van der Waals surface area contributed by atoms with Crippen LogP contribution in [-0.4, -0.2) is 21.4 Å². The lowest BCUT2D eigenvalue weighted by atomic mass is 10.1. The molecule has 0 bridgehead atoms. The van der Waals surface area contributed by atoms with Crippen LogP contribution in [0.25, 0.3) is 0 Å². The molecule has 5 nitrogen and oxygen atoms in total. The highest BCUT2D eigenvalue weighted by atomic mass is 32.2. The molecule has 138 valence electrons. The van der Waals surface area contributed by atoms with Gasteiger partial charge in [-0.05, 0) is 37.5 Å². The van der Waals surface area contributed by atoms with Crippen molar-refractivity contribution >= 4 is 22.6 Å². The lowest BCUT2D eigenvalue weighted by Gasteiger charge is -2.22. The fraction of sp³-hybridized carbons (Fsp3) is 0.444. The third kappa shape index (κ3) is 3.18. The maximum absolute atomic E-state index is 12.7. The van der Waals surface area contributed by atoms with Gasteiger partial charge < -0.3 is 4.74 Å². The predicted molar refractivity (Wildman–Crippen MR) is 97.8 cm³/mol. The average Bonchev–Trinajstić information content (AvgIpc) is 3.22. The van der Waals surface area contributed by atoms with Crippen LogP contribution in [0.1, 0.15) is 55.0 Å². The molecule has 26 heavy (non-hydrogen) atoms. The van der Waals surface area contributed by atoms with E-state index in [1.165, 1.54) is 17.8 Å². The van der Waals surface area contributed by atoms with E-state index in [0.29, 0.717) is 11.4 Å². The summed E-state index contributed by atoms with van der Waals surface area (Å²) in [7, 11) is 0. The fourth-order valence-electron chi connectivity index (χ4n) is 3.72. The van der Waals surface area contributed by atoms with Crippen LogP contribution in [0.2, 0.25) is 0 Å². The monoisotopic (exact) mass is 379 g/mol. The minimum absolute atomic E-state index is 0.0893. The maximum Gasteiger partial charge on any atom is 0.387 e. The van der Waals surface area contributed by atoms with Crippen LogP contribution in [0.15, 0.2) is 34.1 Å². The highest BCUT2D eigenvalue weighted by Crippen LogP contribution is 2.45. The van der Waals surface area contributed by atoms with Crippen molar-refractivity contribution in [1.29, 1.82) is 0 Å². The van der Waals surface area contributed by atoms with E-state index >= 15 is 0 Å². The molecule has 1 aliphatic carbocycles. The number of halogens is 2. The molecular weight excluding hydrogens is 360 g/mol. The molecule has 1 aliphatic heterocycles. The Morgan fingerprint density at radius 3 is 2.85 bits per heavy atom. The van der Waals surface area contributed by atoms with Crippen LogP contribution in [0, 0.1) is 0 Å². The van der Waals surface area contributed by atoms with Crippen LogP contribution in [0.4, 0.5) is 14.6 Å². The van der Waals surface area contributed by atoms with Crippen molar-refractivity contribution in [2.24, 2.45) is 4.99 Å². The Balaban J connectivity index is 1.77. The SMILES string of the molecule is CC1=Nc2c(c(=O)[nH]n2C2CCCC2)C(c2cccc(OC(F)F)c2)S1. The average molecular weight is 379 g/mol. The molecule has 1 aromatic heterocycles. The summed E-state index contributed by atoms with van der Waals surface area (Å²) >= 11 is 1.45. The Bertz CT molecular complexity index is 900. The number of nitrogens with one attached hydrogen (secondary N) is 1. The van der Waals surface area contributed by atoms with E-state index in [1.54, 1.807) is 12.1 Å². The Kier molecular flexibility index (Phi) is 4.60. The number of hydrogen-bond acceptors (Lipinski definition) is 4. The second kappa shape index (κ2) is 6.90. The smallest absolute Gasteiger partial charge is 0.387 e. The molecule has 2 heterocycles. The number of aliphatic imine (C=N–C) groups is 1. The van der Waals surface area contributed by atoms with Crippen LogP contribution < -0.4 is 10.3 Å². The molecule has 2 aliphatic rings. The lowest BCUT2D eigenvalue weighted by molar-refractivity contribution is -0.0498. The maximum atomic E-state index is 12.7. The number of fused-ring (bicyclic) bond motifs is 1. The van der Waals surface area contributed by atoms with Gasteiger partial charge >= 0.3 is 6.61 Å².